The van der Waals surface area contributed by atoms with Gasteiger partial charge in [0.15, 0.2) is 0 Å². The number of hydrogen-bond donors (Lipinski definition) is 1. The monoisotopic (exact) mass is 123 g/mol. The summed E-state index contributed by atoms with van der Waals surface area (Å²) in [6.45, 7) is 0.660. The summed E-state index contributed by atoms with van der Waals surface area (Å²) < 4.78 is 0. The van der Waals surface area contributed by atoms with Crippen LogP contribution in [0.4, 0.5) is 0 Å². The van der Waals surface area contributed by atoms with Crippen LogP contribution in [0, 0.1) is 0 Å². The molecule has 0 heterocycles. The third-order valence-corrected chi connectivity index (χ3v) is 2.26. The molecule has 9 heavy (non-hydrogen) atoms. The van der Waals surface area contributed by atoms with Gasteiger partial charge in [-0.15, -0.1) is 0 Å². The van der Waals surface area contributed by atoms with Gasteiger partial charge < -0.3 is 5.73 Å². The first-order chi connectivity index (χ1) is 4.27. The fourth-order valence-corrected chi connectivity index (χ4v) is 1.46. The van der Waals surface area contributed by atoms with E-state index >= 15 is 0 Å². The van der Waals surface area contributed by atoms with Crippen molar-refractivity contribution < 1.29 is 0 Å². The van der Waals surface area contributed by atoms with Crippen LogP contribution in [0.3, 0.4) is 0 Å². The van der Waals surface area contributed by atoms with Gasteiger partial charge in [0.1, 0.15) is 0 Å². The van der Waals surface area contributed by atoms with Gasteiger partial charge in [-0.3, -0.25) is 0 Å². The van der Waals surface area contributed by atoms with E-state index in [9.17, 15) is 0 Å². The first-order valence-electron chi connectivity index (χ1n) is 3.76. The predicted octanol–water partition coefficient (Wildman–Crippen LogP) is 1.24. The van der Waals surface area contributed by atoms with E-state index in [2.05, 4.69) is 0 Å². The van der Waals surface area contributed by atoms with E-state index in [0.717, 1.165) is 12.8 Å². The zero-order valence-electron chi connectivity index (χ0n) is 5.90. The van der Waals surface area contributed by atoms with Crippen molar-refractivity contribution in [3.8, 4) is 0 Å². The fraction of sp³-hybridized carbons (Fsp3) is 1.00. The molecule has 1 rings (SSSR count). The highest BCUT2D eigenvalue weighted by Crippen LogP contribution is 2.38. The molecule has 0 aliphatic heterocycles. The van der Waals surface area contributed by atoms with Crippen LogP contribution in [0.5, 0.6) is 0 Å². The molecule has 2 N–H and O–H groups in total. The smallest absolute Gasteiger partial charge is 0.0763 e. The third-order valence-electron chi connectivity index (χ3n) is 2.26. The van der Waals surface area contributed by atoms with Gasteiger partial charge in [0.05, 0.1) is 7.85 Å². The average Bonchev–Trinajstić information content (AvgIpc) is 1.90. The predicted molar refractivity (Wildman–Crippen MR) is 40.6 cm³/mol. The van der Waals surface area contributed by atoms with E-state index in [1.165, 1.54) is 19.3 Å². The van der Waals surface area contributed by atoms with Gasteiger partial charge in [-0.05, 0) is 6.54 Å². The van der Waals surface area contributed by atoms with E-state index in [4.69, 9.17) is 13.6 Å². The van der Waals surface area contributed by atoms with Gasteiger partial charge in [0.25, 0.3) is 0 Å². The Labute approximate surface area is 58.4 Å². The van der Waals surface area contributed by atoms with Gasteiger partial charge in [0.2, 0.25) is 0 Å². The third kappa shape index (κ3) is 1.72. The maximum atomic E-state index is 5.93. The minimum atomic E-state index is -0.00174. The summed E-state index contributed by atoms with van der Waals surface area (Å²) in [6, 6.07) is 0. The van der Waals surface area contributed by atoms with E-state index in [0.29, 0.717) is 6.54 Å². The molecule has 0 atom stereocenters. The normalized spacial score (nSPS) is 25.9. The summed E-state index contributed by atoms with van der Waals surface area (Å²) in [5.74, 6) is 0. The van der Waals surface area contributed by atoms with E-state index < -0.39 is 0 Å². The first kappa shape index (κ1) is 7.14. The van der Waals surface area contributed by atoms with Crippen molar-refractivity contribution in [1.82, 2.24) is 0 Å². The van der Waals surface area contributed by atoms with Crippen molar-refractivity contribution >= 4 is 7.85 Å². The maximum Gasteiger partial charge on any atom is 0.0763 e. The molecule has 0 amide bonds. The lowest BCUT2D eigenvalue weighted by molar-refractivity contribution is 0.385. The summed E-state index contributed by atoms with van der Waals surface area (Å²) in [4.78, 5) is 0. The van der Waals surface area contributed by atoms with Gasteiger partial charge in [-0.2, -0.15) is 0 Å². The second kappa shape index (κ2) is 2.74. The second-order valence-corrected chi connectivity index (χ2v) is 3.13. The van der Waals surface area contributed by atoms with Crippen LogP contribution in [0.2, 0.25) is 5.31 Å². The number of nitrogens with two attached hydrogens (primary N) is 1. The van der Waals surface area contributed by atoms with Gasteiger partial charge >= 0.3 is 0 Å². The molecule has 1 aliphatic rings. The maximum absolute atomic E-state index is 5.93. The van der Waals surface area contributed by atoms with Crippen LogP contribution in [-0.2, 0) is 0 Å². The van der Waals surface area contributed by atoms with E-state index in [-0.39, 0.29) is 5.31 Å². The van der Waals surface area contributed by atoms with Crippen molar-refractivity contribution in [1.29, 1.82) is 0 Å². The Morgan fingerprint density at radius 3 is 2.11 bits per heavy atom. The van der Waals surface area contributed by atoms with Crippen LogP contribution in [-0.4, -0.2) is 14.4 Å². The number of rotatable bonds is 1. The lowest BCUT2D eigenvalue weighted by Gasteiger charge is -2.32. The summed E-state index contributed by atoms with van der Waals surface area (Å²) in [5.41, 5.74) is 5.51. The zero-order valence-corrected chi connectivity index (χ0v) is 5.90. The summed E-state index contributed by atoms with van der Waals surface area (Å²) >= 11 is 0. The molecule has 1 fully saturated rings. The molecule has 0 aromatic rings. The Morgan fingerprint density at radius 2 is 1.78 bits per heavy atom. The van der Waals surface area contributed by atoms with Crippen molar-refractivity contribution in [2.75, 3.05) is 6.54 Å². The standard InChI is InChI=1S/C7H14BN/c8-7(6-9)4-2-1-3-5-7/h1-6,9H2. The van der Waals surface area contributed by atoms with Crippen molar-refractivity contribution in [3.05, 3.63) is 0 Å². The van der Waals surface area contributed by atoms with Gasteiger partial charge in [-0.1, -0.05) is 37.4 Å². The Hall–Kier alpha value is 0.0249. The summed E-state index contributed by atoms with van der Waals surface area (Å²) in [7, 11) is 5.93. The second-order valence-electron chi connectivity index (χ2n) is 3.13. The molecule has 1 saturated carbocycles. The zero-order chi connectivity index (χ0) is 6.74. The molecule has 50 valence electrons. The van der Waals surface area contributed by atoms with Crippen molar-refractivity contribution in [2.24, 2.45) is 5.73 Å². The molecular formula is C7H14BN. The minimum absolute atomic E-state index is 0.00174. The molecule has 0 aromatic carbocycles. The molecule has 1 aliphatic carbocycles. The van der Waals surface area contributed by atoms with Crippen LogP contribution in [0.25, 0.3) is 0 Å². The highest BCUT2D eigenvalue weighted by molar-refractivity contribution is 6.15. The molecule has 2 radical (unpaired) electrons. The Morgan fingerprint density at radius 1 is 1.22 bits per heavy atom. The molecular weight excluding hydrogens is 109 g/mol. The highest BCUT2D eigenvalue weighted by atomic mass is 14.6. The molecule has 2 heteroatoms. The molecule has 0 unspecified atom stereocenters. The largest absolute Gasteiger partial charge is 0.331 e. The van der Waals surface area contributed by atoms with Gasteiger partial charge in [-0.25, -0.2) is 0 Å². The molecule has 0 spiro atoms. The van der Waals surface area contributed by atoms with Crippen LogP contribution in [0.1, 0.15) is 32.1 Å². The topological polar surface area (TPSA) is 26.0 Å². The molecule has 0 saturated heterocycles. The van der Waals surface area contributed by atoms with Crippen molar-refractivity contribution in [3.63, 3.8) is 0 Å². The lowest BCUT2D eigenvalue weighted by atomic mass is 9.60. The average molecular weight is 123 g/mol. The SMILES string of the molecule is [B]C1(CN)CCCCC1. The summed E-state index contributed by atoms with van der Waals surface area (Å²) in [5, 5.41) is -0.00174. The van der Waals surface area contributed by atoms with Crippen LogP contribution < -0.4 is 5.73 Å². The Kier molecular flexibility index (Phi) is 2.17. The molecule has 0 bridgehead atoms. The number of hydrogen-bond acceptors (Lipinski definition) is 1. The highest BCUT2D eigenvalue weighted by Gasteiger charge is 2.23. The Bertz CT molecular complexity index is 86.9. The van der Waals surface area contributed by atoms with Crippen molar-refractivity contribution in [2.45, 2.75) is 37.4 Å². The van der Waals surface area contributed by atoms with Gasteiger partial charge in [0, 0.05) is 0 Å². The lowest BCUT2D eigenvalue weighted by Crippen LogP contribution is -2.26. The quantitative estimate of drug-likeness (QED) is 0.521. The summed E-state index contributed by atoms with van der Waals surface area (Å²) in [6.07, 6.45) is 6.15. The van der Waals surface area contributed by atoms with E-state index in [1.807, 2.05) is 0 Å². The first-order valence-corrected chi connectivity index (χ1v) is 3.76. The minimum Gasteiger partial charge on any atom is -0.331 e. The Balaban J connectivity index is 2.37. The molecule has 0 aromatic heterocycles. The molecule has 1 nitrogen and oxygen atoms in total. The van der Waals surface area contributed by atoms with Crippen LogP contribution >= 0.6 is 0 Å². The van der Waals surface area contributed by atoms with Crippen LogP contribution in [0.15, 0.2) is 0 Å². The fourth-order valence-electron chi connectivity index (χ4n) is 1.46. The van der Waals surface area contributed by atoms with E-state index in [1.54, 1.807) is 0 Å².